The predicted octanol–water partition coefficient (Wildman–Crippen LogP) is 1.70. The second-order valence-corrected chi connectivity index (χ2v) is 3.80. The molecule has 0 atom stereocenters. The second kappa shape index (κ2) is 4.77. The first-order valence-electron chi connectivity index (χ1n) is 4.05. The van der Waals surface area contributed by atoms with Crippen molar-refractivity contribution in [2.45, 2.75) is 11.8 Å². The summed E-state index contributed by atoms with van der Waals surface area (Å²) in [6.07, 6.45) is 0. The lowest BCUT2D eigenvalue weighted by molar-refractivity contribution is 1.37. The predicted molar refractivity (Wildman–Crippen MR) is 58.3 cm³/mol. The van der Waals surface area contributed by atoms with Gasteiger partial charge in [0.2, 0.25) is 0 Å². The van der Waals surface area contributed by atoms with E-state index in [1.807, 2.05) is 24.3 Å². The number of aliphatic imine (C=N–C) groups is 1. The van der Waals surface area contributed by atoms with Gasteiger partial charge in [0.1, 0.15) is 0 Å². The topological polar surface area (TPSA) is 64.4 Å². The van der Waals surface area contributed by atoms with Crippen LogP contribution in [0, 0.1) is 0 Å². The van der Waals surface area contributed by atoms with Crippen molar-refractivity contribution in [2.75, 3.05) is 5.75 Å². The first kappa shape index (κ1) is 9.92. The van der Waals surface area contributed by atoms with E-state index < -0.39 is 0 Å². The second-order valence-electron chi connectivity index (χ2n) is 2.46. The molecule has 0 amide bonds. The Morgan fingerprint density at radius 1 is 1.31 bits per heavy atom. The van der Waals surface area contributed by atoms with Crippen LogP contribution in [0.2, 0.25) is 0 Å². The van der Waals surface area contributed by atoms with E-state index >= 15 is 0 Å². The molecular weight excluding hydrogens is 182 g/mol. The largest absolute Gasteiger partial charge is 0.370 e. The number of hydrogen-bond donors (Lipinski definition) is 2. The van der Waals surface area contributed by atoms with Gasteiger partial charge in [-0.3, -0.25) is 0 Å². The molecule has 0 aromatic heterocycles. The summed E-state index contributed by atoms with van der Waals surface area (Å²) in [6, 6.07) is 7.82. The van der Waals surface area contributed by atoms with Crippen molar-refractivity contribution >= 4 is 23.4 Å². The van der Waals surface area contributed by atoms with Crippen LogP contribution in [0.25, 0.3) is 0 Å². The monoisotopic (exact) mass is 195 g/mol. The zero-order valence-electron chi connectivity index (χ0n) is 7.53. The third kappa shape index (κ3) is 3.38. The highest BCUT2D eigenvalue weighted by Gasteiger charge is 1.92. The van der Waals surface area contributed by atoms with E-state index in [-0.39, 0.29) is 5.96 Å². The van der Waals surface area contributed by atoms with Crippen LogP contribution in [0.3, 0.4) is 0 Å². The Kier molecular flexibility index (Phi) is 3.64. The van der Waals surface area contributed by atoms with Gasteiger partial charge in [-0.25, -0.2) is 4.99 Å². The van der Waals surface area contributed by atoms with Crippen LogP contribution in [0.1, 0.15) is 6.92 Å². The minimum Gasteiger partial charge on any atom is -0.370 e. The van der Waals surface area contributed by atoms with Crippen molar-refractivity contribution < 1.29 is 0 Å². The van der Waals surface area contributed by atoms with Gasteiger partial charge in [-0.15, -0.1) is 11.8 Å². The minimum absolute atomic E-state index is 0.0934. The van der Waals surface area contributed by atoms with E-state index in [0.29, 0.717) is 0 Å². The summed E-state index contributed by atoms with van der Waals surface area (Å²) in [6.45, 7) is 2.12. The average Bonchev–Trinajstić information content (AvgIpc) is 2.08. The summed E-state index contributed by atoms with van der Waals surface area (Å²) in [5.74, 6) is 1.16. The lowest BCUT2D eigenvalue weighted by Gasteiger charge is -1.98. The van der Waals surface area contributed by atoms with Crippen molar-refractivity contribution in [1.29, 1.82) is 0 Å². The molecule has 0 aliphatic carbocycles. The number of nitrogens with zero attached hydrogens (tertiary/aromatic N) is 1. The molecule has 1 aromatic carbocycles. The SMILES string of the molecule is CCSc1ccc(N=C(N)N)cc1. The summed E-state index contributed by atoms with van der Waals surface area (Å²) >= 11 is 1.79. The van der Waals surface area contributed by atoms with Gasteiger partial charge in [0.15, 0.2) is 5.96 Å². The highest BCUT2D eigenvalue weighted by atomic mass is 32.2. The first-order valence-corrected chi connectivity index (χ1v) is 5.03. The van der Waals surface area contributed by atoms with Gasteiger partial charge in [-0.05, 0) is 30.0 Å². The Balaban J connectivity index is 2.75. The maximum Gasteiger partial charge on any atom is 0.191 e. The van der Waals surface area contributed by atoms with Gasteiger partial charge in [-0.2, -0.15) is 0 Å². The zero-order chi connectivity index (χ0) is 9.68. The molecule has 4 heteroatoms. The van der Waals surface area contributed by atoms with Gasteiger partial charge < -0.3 is 11.5 Å². The maximum absolute atomic E-state index is 5.24. The number of rotatable bonds is 3. The molecule has 3 nitrogen and oxygen atoms in total. The Labute approximate surface area is 82.2 Å². The molecule has 0 unspecified atom stereocenters. The van der Waals surface area contributed by atoms with Gasteiger partial charge in [0.05, 0.1) is 5.69 Å². The molecule has 0 spiro atoms. The summed E-state index contributed by atoms with van der Waals surface area (Å²) in [4.78, 5) is 5.16. The summed E-state index contributed by atoms with van der Waals surface area (Å²) in [5.41, 5.74) is 11.3. The fourth-order valence-electron chi connectivity index (χ4n) is 0.933. The molecule has 0 saturated carbocycles. The van der Waals surface area contributed by atoms with E-state index in [1.165, 1.54) is 4.90 Å². The Bertz CT molecular complexity index is 288. The van der Waals surface area contributed by atoms with Crippen LogP contribution in [-0.2, 0) is 0 Å². The summed E-state index contributed by atoms with van der Waals surface area (Å²) < 4.78 is 0. The van der Waals surface area contributed by atoms with Crippen LogP contribution in [0.15, 0.2) is 34.2 Å². The molecule has 13 heavy (non-hydrogen) atoms. The standard InChI is InChI=1S/C9H13N3S/c1-2-13-8-5-3-7(4-6-8)12-9(10)11/h3-6H,2H2,1H3,(H4,10,11,12). The van der Waals surface area contributed by atoms with E-state index in [2.05, 4.69) is 11.9 Å². The molecule has 0 saturated heterocycles. The minimum atomic E-state index is 0.0934. The average molecular weight is 195 g/mol. The van der Waals surface area contributed by atoms with E-state index in [0.717, 1.165) is 11.4 Å². The van der Waals surface area contributed by atoms with Crippen LogP contribution < -0.4 is 11.5 Å². The molecule has 4 N–H and O–H groups in total. The Morgan fingerprint density at radius 2 is 1.92 bits per heavy atom. The molecule has 1 aromatic rings. The number of benzene rings is 1. The fourth-order valence-corrected chi connectivity index (χ4v) is 1.59. The molecule has 70 valence electrons. The summed E-state index contributed by atoms with van der Waals surface area (Å²) in [5, 5.41) is 0. The lowest BCUT2D eigenvalue weighted by atomic mass is 10.3. The smallest absolute Gasteiger partial charge is 0.191 e. The van der Waals surface area contributed by atoms with Gasteiger partial charge >= 0.3 is 0 Å². The van der Waals surface area contributed by atoms with E-state index in [4.69, 9.17) is 11.5 Å². The molecule has 0 bridgehead atoms. The molecule has 0 aliphatic rings. The van der Waals surface area contributed by atoms with Crippen LogP contribution in [0.4, 0.5) is 5.69 Å². The molecule has 0 heterocycles. The zero-order valence-corrected chi connectivity index (χ0v) is 8.34. The first-order chi connectivity index (χ1) is 6.22. The Hall–Kier alpha value is -1.16. The number of thioether (sulfide) groups is 1. The highest BCUT2D eigenvalue weighted by molar-refractivity contribution is 7.99. The number of guanidine groups is 1. The number of hydrogen-bond acceptors (Lipinski definition) is 2. The van der Waals surface area contributed by atoms with Gasteiger partial charge in [0, 0.05) is 4.90 Å². The molecular formula is C9H13N3S. The molecule has 0 aliphatic heterocycles. The third-order valence-electron chi connectivity index (χ3n) is 1.41. The van der Waals surface area contributed by atoms with Crippen molar-refractivity contribution in [2.24, 2.45) is 16.5 Å². The normalized spacial score (nSPS) is 9.62. The third-order valence-corrected chi connectivity index (χ3v) is 2.30. The number of nitrogens with two attached hydrogens (primary N) is 2. The van der Waals surface area contributed by atoms with Gasteiger partial charge in [0.25, 0.3) is 0 Å². The van der Waals surface area contributed by atoms with Crippen LogP contribution >= 0.6 is 11.8 Å². The van der Waals surface area contributed by atoms with Crippen LogP contribution in [-0.4, -0.2) is 11.7 Å². The van der Waals surface area contributed by atoms with Crippen molar-refractivity contribution in [3.8, 4) is 0 Å². The lowest BCUT2D eigenvalue weighted by Crippen LogP contribution is -2.21. The van der Waals surface area contributed by atoms with Crippen molar-refractivity contribution in [1.82, 2.24) is 0 Å². The van der Waals surface area contributed by atoms with Gasteiger partial charge in [-0.1, -0.05) is 6.92 Å². The van der Waals surface area contributed by atoms with Crippen molar-refractivity contribution in [3.05, 3.63) is 24.3 Å². The Morgan fingerprint density at radius 3 is 2.38 bits per heavy atom. The van der Waals surface area contributed by atoms with Crippen molar-refractivity contribution in [3.63, 3.8) is 0 Å². The molecule has 1 rings (SSSR count). The fraction of sp³-hybridized carbons (Fsp3) is 0.222. The highest BCUT2D eigenvalue weighted by Crippen LogP contribution is 2.20. The summed E-state index contributed by atoms with van der Waals surface area (Å²) in [7, 11) is 0. The maximum atomic E-state index is 5.24. The quantitative estimate of drug-likeness (QED) is 0.438. The van der Waals surface area contributed by atoms with E-state index in [1.54, 1.807) is 11.8 Å². The molecule has 0 fully saturated rings. The van der Waals surface area contributed by atoms with E-state index in [9.17, 15) is 0 Å². The van der Waals surface area contributed by atoms with Crippen LogP contribution in [0.5, 0.6) is 0 Å². The molecule has 0 radical (unpaired) electrons.